The molecular formula is C31H38N2O5. The van der Waals surface area contributed by atoms with Gasteiger partial charge in [-0.2, -0.15) is 0 Å². The molecule has 0 aliphatic heterocycles. The highest BCUT2D eigenvalue weighted by atomic mass is 16.6. The second kappa shape index (κ2) is 14.2. The van der Waals surface area contributed by atoms with Gasteiger partial charge in [-0.15, -0.1) is 0 Å². The summed E-state index contributed by atoms with van der Waals surface area (Å²) in [5.41, 5.74) is 2.17. The lowest BCUT2D eigenvalue weighted by Crippen LogP contribution is -2.49. The third kappa shape index (κ3) is 10.6. The predicted octanol–water partition coefficient (Wildman–Crippen LogP) is 5.41. The minimum absolute atomic E-state index is 0.143. The monoisotopic (exact) mass is 518 g/mol. The Hall–Kier alpha value is -3.84. The van der Waals surface area contributed by atoms with Gasteiger partial charge >= 0.3 is 12.2 Å². The molecule has 0 saturated carbocycles. The molecular weight excluding hydrogens is 480 g/mol. The van der Waals surface area contributed by atoms with Gasteiger partial charge in [-0.25, -0.2) is 9.59 Å². The number of hydrogen-bond donors (Lipinski definition) is 3. The average Bonchev–Trinajstić information content (AvgIpc) is 2.88. The number of amides is 2. The van der Waals surface area contributed by atoms with Gasteiger partial charge in [-0.05, 0) is 56.7 Å². The average molecular weight is 519 g/mol. The molecule has 7 nitrogen and oxygen atoms in total. The van der Waals surface area contributed by atoms with E-state index in [0.29, 0.717) is 12.8 Å². The number of nitrogens with one attached hydrogen (secondary N) is 2. The summed E-state index contributed by atoms with van der Waals surface area (Å²) < 4.78 is 10.9. The molecule has 0 bridgehead atoms. The van der Waals surface area contributed by atoms with Crippen LogP contribution in [0, 0.1) is 0 Å². The molecule has 0 aliphatic rings. The first-order valence-electron chi connectivity index (χ1n) is 12.9. The molecule has 7 heteroatoms. The summed E-state index contributed by atoms with van der Waals surface area (Å²) in [5, 5.41) is 17.1. The maximum Gasteiger partial charge on any atom is 0.407 e. The van der Waals surface area contributed by atoms with Gasteiger partial charge in [0.25, 0.3) is 0 Å². The standard InChI is InChI=1S/C31H38N2O5/c1-31(2,3)38-30(36)33-27(20-24-15-9-5-10-16-24)28(34)21-26(19-23-13-7-4-8-14-23)32-29(35)37-22-25-17-11-6-12-18-25/h4-18,26-28,34H,19-22H2,1-3H3,(H,32,35)(H,33,36)/t26-,27-,28-/m0/s1. The molecule has 3 N–H and O–H groups in total. The molecule has 0 unspecified atom stereocenters. The largest absolute Gasteiger partial charge is 0.445 e. The minimum atomic E-state index is -0.967. The maximum absolute atomic E-state index is 12.7. The third-order valence-corrected chi connectivity index (χ3v) is 5.85. The Kier molecular flexibility index (Phi) is 10.7. The molecule has 3 aromatic rings. The van der Waals surface area contributed by atoms with Crippen molar-refractivity contribution in [2.75, 3.05) is 0 Å². The van der Waals surface area contributed by atoms with E-state index in [1.165, 1.54) is 0 Å². The fraction of sp³-hybridized carbons (Fsp3) is 0.355. The van der Waals surface area contributed by atoms with E-state index >= 15 is 0 Å². The Labute approximate surface area is 225 Å². The van der Waals surface area contributed by atoms with Crippen LogP contribution in [0.4, 0.5) is 9.59 Å². The number of aliphatic hydroxyl groups excluding tert-OH is 1. The molecule has 202 valence electrons. The van der Waals surface area contributed by atoms with Crippen molar-refractivity contribution in [2.24, 2.45) is 0 Å². The number of aliphatic hydroxyl groups is 1. The van der Waals surface area contributed by atoms with E-state index in [1.807, 2.05) is 91.0 Å². The molecule has 0 spiro atoms. The van der Waals surface area contributed by atoms with Gasteiger partial charge in [-0.3, -0.25) is 0 Å². The second-order valence-electron chi connectivity index (χ2n) is 10.3. The zero-order valence-corrected chi connectivity index (χ0v) is 22.3. The number of alkyl carbamates (subject to hydrolysis) is 2. The molecule has 2 amide bonds. The number of rotatable bonds is 11. The summed E-state index contributed by atoms with van der Waals surface area (Å²) >= 11 is 0. The SMILES string of the molecule is CC(C)(C)OC(=O)N[C@@H](Cc1ccccc1)[C@@H](O)C[C@H](Cc1ccccc1)NC(=O)OCc1ccccc1. The summed E-state index contributed by atoms with van der Waals surface area (Å²) in [6, 6.07) is 27.7. The van der Waals surface area contributed by atoms with E-state index in [4.69, 9.17) is 9.47 Å². The molecule has 0 saturated heterocycles. The van der Waals surface area contributed by atoms with Gasteiger partial charge in [-0.1, -0.05) is 91.0 Å². The van der Waals surface area contributed by atoms with Crippen LogP contribution in [0.25, 0.3) is 0 Å². The van der Waals surface area contributed by atoms with Gasteiger partial charge in [0.05, 0.1) is 12.1 Å². The van der Waals surface area contributed by atoms with Crippen molar-refractivity contribution in [3.63, 3.8) is 0 Å². The summed E-state index contributed by atoms with van der Waals surface area (Å²) in [5.74, 6) is 0. The van der Waals surface area contributed by atoms with E-state index in [0.717, 1.165) is 16.7 Å². The van der Waals surface area contributed by atoms with Gasteiger partial charge in [0.15, 0.2) is 0 Å². The van der Waals surface area contributed by atoms with Crippen LogP contribution in [0.5, 0.6) is 0 Å². The lowest BCUT2D eigenvalue weighted by atomic mass is 9.94. The number of carbonyl (C=O) groups is 2. The van der Waals surface area contributed by atoms with Gasteiger partial charge < -0.3 is 25.2 Å². The fourth-order valence-electron chi connectivity index (χ4n) is 4.09. The first-order valence-corrected chi connectivity index (χ1v) is 12.9. The van der Waals surface area contributed by atoms with Gasteiger partial charge in [0.1, 0.15) is 12.2 Å². The van der Waals surface area contributed by atoms with Crippen LogP contribution in [0.3, 0.4) is 0 Å². The number of carbonyl (C=O) groups excluding carboxylic acids is 2. The van der Waals surface area contributed by atoms with Crippen molar-refractivity contribution >= 4 is 12.2 Å². The molecule has 3 rings (SSSR count). The van der Waals surface area contributed by atoms with Crippen LogP contribution in [0.15, 0.2) is 91.0 Å². The van der Waals surface area contributed by atoms with Crippen molar-refractivity contribution in [3.05, 3.63) is 108 Å². The predicted molar refractivity (Wildman–Crippen MR) is 148 cm³/mol. The zero-order valence-electron chi connectivity index (χ0n) is 22.3. The van der Waals surface area contributed by atoms with Crippen molar-refractivity contribution in [1.82, 2.24) is 10.6 Å². The highest BCUT2D eigenvalue weighted by Gasteiger charge is 2.28. The molecule has 38 heavy (non-hydrogen) atoms. The normalized spacial score (nSPS) is 13.6. The summed E-state index contributed by atoms with van der Waals surface area (Å²) in [7, 11) is 0. The Morgan fingerprint density at radius 3 is 1.76 bits per heavy atom. The second-order valence-corrected chi connectivity index (χ2v) is 10.3. The van der Waals surface area contributed by atoms with Crippen LogP contribution in [-0.4, -0.2) is 41.1 Å². The first-order chi connectivity index (χ1) is 18.2. The quantitative estimate of drug-likeness (QED) is 0.315. The molecule has 0 fully saturated rings. The Morgan fingerprint density at radius 2 is 1.24 bits per heavy atom. The van der Waals surface area contributed by atoms with Gasteiger partial charge in [0.2, 0.25) is 0 Å². The van der Waals surface area contributed by atoms with Crippen molar-refractivity contribution in [3.8, 4) is 0 Å². The Balaban J connectivity index is 1.72. The lowest BCUT2D eigenvalue weighted by molar-refractivity contribution is 0.0397. The molecule has 3 aromatic carbocycles. The molecule has 0 heterocycles. The number of ether oxygens (including phenoxy) is 2. The van der Waals surface area contributed by atoms with Crippen LogP contribution in [-0.2, 0) is 28.9 Å². The first kappa shape index (κ1) is 28.7. The van der Waals surface area contributed by atoms with E-state index in [1.54, 1.807) is 20.8 Å². The maximum atomic E-state index is 12.7. The molecule has 0 aromatic heterocycles. The van der Waals surface area contributed by atoms with Crippen molar-refractivity contribution < 1.29 is 24.2 Å². The smallest absolute Gasteiger partial charge is 0.407 e. The van der Waals surface area contributed by atoms with Crippen molar-refractivity contribution in [2.45, 2.75) is 70.4 Å². The highest BCUT2D eigenvalue weighted by Crippen LogP contribution is 2.16. The Morgan fingerprint density at radius 1 is 0.737 bits per heavy atom. The topological polar surface area (TPSA) is 96.9 Å². The van der Waals surface area contributed by atoms with Crippen molar-refractivity contribution in [1.29, 1.82) is 0 Å². The van der Waals surface area contributed by atoms with E-state index in [2.05, 4.69) is 10.6 Å². The summed E-state index contributed by atoms with van der Waals surface area (Å²) in [6.07, 6.45) is -1.05. The number of hydrogen-bond acceptors (Lipinski definition) is 5. The van der Waals surface area contributed by atoms with Crippen LogP contribution < -0.4 is 10.6 Å². The van der Waals surface area contributed by atoms with Gasteiger partial charge in [0, 0.05) is 6.04 Å². The van der Waals surface area contributed by atoms with Crippen LogP contribution in [0.2, 0.25) is 0 Å². The van der Waals surface area contributed by atoms with E-state index in [-0.39, 0.29) is 13.0 Å². The summed E-state index contributed by atoms with van der Waals surface area (Å²) in [6.45, 7) is 5.51. The van der Waals surface area contributed by atoms with E-state index in [9.17, 15) is 14.7 Å². The van der Waals surface area contributed by atoms with E-state index < -0.39 is 36.0 Å². The van der Waals surface area contributed by atoms with Crippen LogP contribution in [0.1, 0.15) is 43.9 Å². The third-order valence-electron chi connectivity index (χ3n) is 5.85. The van der Waals surface area contributed by atoms with Crippen LogP contribution >= 0.6 is 0 Å². The minimum Gasteiger partial charge on any atom is -0.445 e. The summed E-state index contributed by atoms with van der Waals surface area (Å²) in [4.78, 5) is 25.3. The number of benzene rings is 3. The Bertz CT molecular complexity index is 1120. The molecule has 0 radical (unpaired) electrons. The fourth-order valence-corrected chi connectivity index (χ4v) is 4.09. The highest BCUT2D eigenvalue weighted by molar-refractivity contribution is 5.68. The zero-order chi connectivity index (χ0) is 27.4. The molecule has 3 atom stereocenters. The lowest BCUT2D eigenvalue weighted by Gasteiger charge is -2.29. The molecule has 0 aliphatic carbocycles.